The fraction of sp³-hybridized carbons (Fsp3) is 0.0526. The lowest BCUT2D eigenvalue weighted by molar-refractivity contribution is -0.385. The van der Waals surface area contributed by atoms with Gasteiger partial charge in [-0.05, 0) is 12.1 Å². The molecule has 0 saturated carbocycles. The minimum Gasteiger partial charge on any atom is -0.456 e. The number of nitro benzene ring substituents is 1. The van der Waals surface area contributed by atoms with Gasteiger partial charge in [0, 0.05) is 23.8 Å². The van der Waals surface area contributed by atoms with Crippen LogP contribution in [0.2, 0.25) is 0 Å². The van der Waals surface area contributed by atoms with Crippen molar-refractivity contribution in [3.8, 4) is 11.3 Å². The highest BCUT2D eigenvalue weighted by Gasteiger charge is 2.11. The molecule has 3 aromatic rings. The second kappa shape index (κ2) is 7.89. The number of carbonyl (C=O) groups is 1. The van der Waals surface area contributed by atoms with Crippen LogP contribution in [0.4, 0.5) is 5.69 Å². The Bertz CT molecular complexity index is 947. The highest BCUT2D eigenvalue weighted by Crippen LogP contribution is 2.21. The maximum Gasteiger partial charge on any atom is 0.331 e. The van der Waals surface area contributed by atoms with Crippen LogP contribution in [0.5, 0.6) is 0 Å². The first kappa shape index (κ1) is 17.1. The number of esters is 1. The topological polar surface area (TPSA) is 95.5 Å². The maximum atomic E-state index is 11.8. The molecule has 0 unspecified atom stereocenters. The van der Waals surface area contributed by atoms with Gasteiger partial charge in [0.05, 0.1) is 10.5 Å². The van der Waals surface area contributed by atoms with Gasteiger partial charge >= 0.3 is 5.97 Å². The molecule has 0 radical (unpaired) electrons. The van der Waals surface area contributed by atoms with Crippen LogP contribution in [0, 0.1) is 10.1 Å². The summed E-state index contributed by atoms with van der Waals surface area (Å²) in [5.41, 5.74) is 1.58. The highest BCUT2D eigenvalue weighted by molar-refractivity contribution is 5.87. The molecule has 0 aliphatic carbocycles. The monoisotopic (exact) mass is 350 g/mol. The van der Waals surface area contributed by atoms with E-state index in [2.05, 4.69) is 5.16 Å². The summed E-state index contributed by atoms with van der Waals surface area (Å²) in [6, 6.07) is 17.2. The quantitative estimate of drug-likeness (QED) is 0.288. The zero-order valence-corrected chi connectivity index (χ0v) is 13.6. The number of para-hydroxylation sites is 1. The van der Waals surface area contributed by atoms with Gasteiger partial charge in [0.1, 0.15) is 12.3 Å². The van der Waals surface area contributed by atoms with E-state index in [4.69, 9.17) is 9.26 Å². The van der Waals surface area contributed by atoms with Crippen molar-refractivity contribution >= 4 is 17.7 Å². The van der Waals surface area contributed by atoms with Gasteiger partial charge in [-0.25, -0.2) is 4.79 Å². The third kappa shape index (κ3) is 4.21. The number of ether oxygens (including phenoxy) is 1. The van der Waals surface area contributed by atoms with Crippen LogP contribution in [-0.2, 0) is 16.1 Å². The van der Waals surface area contributed by atoms with Crippen molar-refractivity contribution in [2.24, 2.45) is 0 Å². The number of nitro groups is 1. The minimum atomic E-state index is -0.632. The maximum absolute atomic E-state index is 11.8. The van der Waals surface area contributed by atoms with E-state index in [-0.39, 0.29) is 12.3 Å². The van der Waals surface area contributed by atoms with Crippen molar-refractivity contribution < 1.29 is 19.0 Å². The Morgan fingerprint density at radius 3 is 2.65 bits per heavy atom. The summed E-state index contributed by atoms with van der Waals surface area (Å²) in [6.07, 6.45) is 2.49. The zero-order chi connectivity index (χ0) is 18.4. The average Bonchev–Trinajstić information content (AvgIpc) is 3.14. The Balaban J connectivity index is 1.60. The molecule has 1 heterocycles. The molecule has 0 saturated heterocycles. The molecule has 26 heavy (non-hydrogen) atoms. The van der Waals surface area contributed by atoms with E-state index in [9.17, 15) is 14.9 Å². The molecule has 0 spiro atoms. The molecule has 0 aliphatic rings. The van der Waals surface area contributed by atoms with Gasteiger partial charge in [0.25, 0.3) is 5.69 Å². The number of benzene rings is 2. The first-order chi connectivity index (χ1) is 12.6. The van der Waals surface area contributed by atoms with Crippen LogP contribution in [0.15, 0.2) is 71.3 Å². The second-order valence-corrected chi connectivity index (χ2v) is 5.31. The van der Waals surface area contributed by atoms with Crippen molar-refractivity contribution in [1.29, 1.82) is 0 Å². The molecular formula is C19H14N2O5. The van der Waals surface area contributed by atoms with E-state index in [0.717, 1.165) is 11.6 Å². The van der Waals surface area contributed by atoms with Gasteiger partial charge in [0.2, 0.25) is 0 Å². The predicted molar refractivity (Wildman–Crippen MR) is 93.9 cm³/mol. The normalized spacial score (nSPS) is 10.8. The largest absolute Gasteiger partial charge is 0.456 e. The Kier molecular flexibility index (Phi) is 5.19. The average molecular weight is 350 g/mol. The van der Waals surface area contributed by atoms with E-state index in [1.807, 2.05) is 30.3 Å². The number of carbonyl (C=O) groups excluding carboxylic acids is 1. The van der Waals surface area contributed by atoms with Crippen LogP contribution >= 0.6 is 0 Å². The molecule has 0 amide bonds. The number of hydrogen-bond donors (Lipinski definition) is 0. The summed E-state index contributed by atoms with van der Waals surface area (Å²) >= 11 is 0. The first-order valence-electron chi connectivity index (χ1n) is 7.73. The third-order valence-electron chi connectivity index (χ3n) is 3.51. The van der Waals surface area contributed by atoms with Crippen molar-refractivity contribution in [1.82, 2.24) is 5.16 Å². The van der Waals surface area contributed by atoms with Gasteiger partial charge in [-0.1, -0.05) is 47.6 Å². The van der Waals surface area contributed by atoms with Crippen LogP contribution in [0.25, 0.3) is 17.4 Å². The summed E-state index contributed by atoms with van der Waals surface area (Å²) in [7, 11) is 0. The van der Waals surface area contributed by atoms with Crippen LogP contribution in [-0.4, -0.2) is 16.0 Å². The standard InChI is InChI=1S/C19H14N2O5/c22-19(11-10-14-6-4-5-9-17(14)21(23)24)25-13-16-12-18(26-20-16)15-7-2-1-3-8-15/h1-12H,13H2/b11-10+. The number of aromatic nitrogens is 1. The smallest absolute Gasteiger partial charge is 0.331 e. The summed E-state index contributed by atoms with van der Waals surface area (Å²) < 4.78 is 10.3. The fourth-order valence-electron chi connectivity index (χ4n) is 2.26. The third-order valence-corrected chi connectivity index (χ3v) is 3.51. The van der Waals surface area contributed by atoms with Crippen LogP contribution in [0.3, 0.4) is 0 Å². The fourth-order valence-corrected chi connectivity index (χ4v) is 2.26. The molecule has 130 valence electrons. The number of nitrogens with zero attached hydrogens (tertiary/aromatic N) is 2. The molecular weight excluding hydrogens is 336 g/mol. The van der Waals surface area contributed by atoms with E-state index in [1.54, 1.807) is 24.3 Å². The van der Waals surface area contributed by atoms with Crippen molar-refractivity contribution in [2.75, 3.05) is 0 Å². The summed E-state index contributed by atoms with van der Waals surface area (Å²) in [6.45, 7) is -0.0591. The lowest BCUT2D eigenvalue weighted by Gasteiger charge is -1.98. The van der Waals surface area contributed by atoms with Gasteiger partial charge in [-0.3, -0.25) is 10.1 Å². The van der Waals surface area contributed by atoms with E-state index >= 15 is 0 Å². The second-order valence-electron chi connectivity index (χ2n) is 5.31. The van der Waals surface area contributed by atoms with Gasteiger partial charge in [0.15, 0.2) is 5.76 Å². The van der Waals surface area contributed by atoms with E-state index in [1.165, 1.54) is 12.1 Å². The summed E-state index contributed by atoms with van der Waals surface area (Å²) in [5, 5.41) is 14.8. The molecule has 7 nitrogen and oxygen atoms in total. The number of hydrogen-bond acceptors (Lipinski definition) is 6. The summed E-state index contributed by atoms with van der Waals surface area (Å²) in [4.78, 5) is 22.2. The Morgan fingerprint density at radius 1 is 1.15 bits per heavy atom. The van der Waals surface area contributed by atoms with Crippen LogP contribution < -0.4 is 0 Å². The molecule has 0 aliphatic heterocycles. The molecule has 2 aromatic carbocycles. The van der Waals surface area contributed by atoms with Gasteiger partial charge in [-0.2, -0.15) is 0 Å². The van der Waals surface area contributed by atoms with Crippen molar-refractivity contribution in [2.45, 2.75) is 6.61 Å². The van der Waals surface area contributed by atoms with Gasteiger partial charge < -0.3 is 9.26 Å². The molecule has 1 aromatic heterocycles. The number of rotatable bonds is 6. The Labute approximate surface area is 148 Å². The molecule has 0 bridgehead atoms. The van der Waals surface area contributed by atoms with Crippen molar-refractivity contribution in [3.05, 3.63) is 88.1 Å². The highest BCUT2D eigenvalue weighted by atomic mass is 16.6. The van der Waals surface area contributed by atoms with Crippen LogP contribution in [0.1, 0.15) is 11.3 Å². The SMILES string of the molecule is O=C(/C=C/c1ccccc1[N+](=O)[O-])OCc1cc(-c2ccccc2)on1. The van der Waals surface area contributed by atoms with E-state index in [0.29, 0.717) is 17.0 Å². The lowest BCUT2D eigenvalue weighted by atomic mass is 10.1. The molecule has 0 N–H and O–H groups in total. The first-order valence-corrected chi connectivity index (χ1v) is 7.73. The van der Waals surface area contributed by atoms with E-state index < -0.39 is 10.9 Å². The lowest BCUT2D eigenvalue weighted by Crippen LogP contribution is -2.01. The minimum absolute atomic E-state index is 0.0591. The van der Waals surface area contributed by atoms with Gasteiger partial charge in [-0.15, -0.1) is 0 Å². The molecule has 7 heteroatoms. The molecule has 0 fully saturated rings. The Hall–Kier alpha value is -3.74. The summed E-state index contributed by atoms with van der Waals surface area (Å²) in [5.74, 6) is -0.0560. The Morgan fingerprint density at radius 2 is 1.88 bits per heavy atom. The molecule has 3 rings (SSSR count). The predicted octanol–water partition coefficient (Wildman–Crippen LogP) is 4.01. The zero-order valence-electron chi connectivity index (χ0n) is 13.6. The van der Waals surface area contributed by atoms with Crippen molar-refractivity contribution in [3.63, 3.8) is 0 Å². The molecule has 0 atom stereocenters.